The number of rotatable bonds is 8. The predicted molar refractivity (Wildman–Crippen MR) is 160 cm³/mol. The highest BCUT2D eigenvalue weighted by molar-refractivity contribution is 6.51. The van der Waals surface area contributed by atoms with Gasteiger partial charge in [-0.15, -0.1) is 0 Å². The molecule has 4 aromatic carbocycles. The van der Waals surface area contributed by atoms with Crippen LogP contribution in [0.25, 0.3) is 5.76 Å². The molecule has 0 spiro atoms. The third-order valence-corrected chi connectivity index (χ3v) is 6.95. The van der Waals surface area contributed by atoms with Gasteiger partial charge in [0.05, 0.1) is 23.3 Å². The number of amides is 1. The minimum Gasteiger partial charge on any atom is -0.507 e. The first-order chi connectivity index (χ1) is 20.2. The maximum atomic E-state index is 13.5. The number of carbonyl (C=O) groups is 3. The molecule has 1 saturated heterocycles. The third kappa shape index (κ3) is 5.81. The van der Waals surface area contributed by atoms with Crippen molar-refractivity contribution in [3.05, 3.63) is 137 Å². The molecule has 0 aromatic heterocycles. The van der Waals surface area contributed by atoms with Gasteiger partial charge >= 0.3 is 5.97 Å². The topological polar surface area (TPSA) is 93.1 Å². The van der Waals surface area contributed by atoms with Crippen molar-refractivity contribution in [1.29, 1.82) is 0 Å². The highest BCUT2D eigenvalue weighted by Gasteiger charge is 2.47. The number of Topliss-reactive ketones (excluding diaryl/α,β-unsaturated/α-hetero) is 1. The van der Waals surface area contributed by atoms with Gasteiger partial charge in [0, 0.05) is 11.3 Å². The van der Waals surface area contributed by atoms with Crippen molar-refractivity contribution in [3.8, 4) is 5.75 Å². The molecule has 0 aliphatic carbocycles. The molecule has 212 valence electrons. The third-order valence-electron chi connectivity index (χ3n) is 6.95. The smallest absolute Gasteiger partial charge is 0.338 e. The van der Waals surface area contributed by atoms with Crippen molar-refractivity contribution in [2.24, 2.45) is 0 Å². The van der Waals surface area contributed by atoms with Crippen molar-refractivity contribution >= 4 is 29.1 Å². The van der Waals surface area contributed by atoms with Crippen molar-refractivity contribution in [2.45, 2.75) is 39.5 Å². The Morgan fingerprint density at radius 1 is 0.857 bits per heavy atom. The second-order valence-corrected chi connectivity index (χ2v) is 10.3. The average molecular weight is 562 g/mol. The van der Waals surface area contributed by atoms with Crippen molar-refractivity contribution < 1.29 is 29.0 Å². The number of esters is 1. The normalized spacial score (nSPS) is 16.1. The van der Waals surface area contributed by atoms with Gasteiger partial charge in [0.1, 0.15) is 18.1 Å². The van der Waals surface area contributed by atoms with E-state index in [0.717, 1.165) is 11.1 Å². The number of benzene rings is 4. The summed E-state index contributed by atoms with van der Waals surface area (Å²) in [5.41, 5.74) is 3.34. The Morgan fingerprint density at radius 2 is 1.55 bits per heavy atom. The molecule has 0 radical (unpaired) electrons. The molecular formula is C35H31NO6. The summed E-state index contributed by atoms with van der Waals surface area (Å²) in [6.07, 6.45) is -0.321. The summed E-state index contributed by atoms with van der Waals surface area (Å²) >= 11 is 0. The largest absolute Gasteiger partial charge is 0.507 e. The number of aliphatic hydroxyl groups excluding tert-OH is 1. The summed E-state index contributed by atoms with van der Waals surface area (Å²) in [4.78, 5) is 41.0. The van der Waals surface area contributed by atoms with Crippen LogP contribution in [-0.2, 0) is 20.9 Å². The first-order valence-corrected chi connectivity index (χ1v) is 13.7. The molecule has 1 aliphatic rings. The molecule has 1 unspecified atom stereocenters. The number of nitrogens with zero attached hydrogens (tertiary/aromatic N) is 1. The molecule has 1 amide bonds. The fraction of sp³-hybridized carbons (Fsp3) is 0.171. The van der Waals surface area contributed by atoms with Crippen molar-refractivity contribution in [2.75, 3.05) is 4.90 Å². The molecule has 7 heteroatoms. The molecule has 1 atom stereocenters. The monoisotopic (exact) mass is 561 g/mol. The van der Waals surface area contributed by atoms with E-state index in [0.29, 0.717) is 29.2 Å². The molecule has 1 N–H and O–H groups in total. The Labute approximate surface area is 244 Å². The fourth-order valence-electron chi connectivity index (χ4n) is 4.96. The van der Waals surface area contributed by atoms with Crippen LogP contribution >= 0.6 is 0 Å². The molecule has 0 saturated carbocycles. The van der Waals surface area contributed by atoms with Gasteiger partial charge in [0.25, 0.3) is 11.7 Å². The lowest BCUT2D eigenvalue weighted by molar-refractivity contribution is -0.132. The van der Waals surface area contributed by atoms with Crippen LogP contribution in [0.4, 0.5) is 5.69 Å². The van der Waals surface area contributed by atoms with E-state index in [1.165, 1.54) is 11.0 Å². The van der Waals surface area contributed by atoms with Crippen LogP contribution in [0.15, 0.2) is 109 Å². The minimum absolute atomic E-state index is 0.0429. The SMILES string of the molecule is Cc1cc(/C(O)=C2\C(=O)C(=O)N(c3cccc(C(=O)OC(C)C)c3)C2c2ccccc2)ccc1OCc1ccccc1. The summed E-state index contributed by atoms with van der Waals surface area (Å²) < 4.78 is 11.3. The molecule has 42 heavy (non-hydrogen) atoms. The lowest BCUT2D eigenvalue weighted by Gasteiger charge is -2.26. The van der Waals surface area contributed by atoms with Gasteiger partial charge in [-0.3, -0.25) is 14.5 Å². The number of ketones is 1. The highest BCUT2D eigenvalue weighted by Crippen LogP contribution is 2.42. The van der Waals surface area contributed by atoms with Gasteiger partial charge < -0.3 is 14.6 Å². The Balaban J connectivity index is 1.54. The van der Waals surface area contributed by atoms with E-state index in [1.54, 1.807) is 74.5 Å². The Bertz CT molecular complexity index is 1660. The van der Waals surface area contributed by atoms with Crippen molar-refractivity contribution in [1.82, 2.24) is 0 Å². The number of hydrogen-bond acceptors (Lipinski definition) is 6. The molecule has 1 fully saturated rings. The number of ether oxygens (including phenoxy) is 2. The minimum atomic E-state index is -0.920. The van der Waals surface area contributed by atoms with E-state index in [9.17, 15) is 19.5 Å². The molecule has 1 aliphatic heterocycles. The average Bonchev–Trinajstić information content (AvgIpc) is 3.26. The molecular weight excluding hydrogens is 530 g/mol. The Kier molecular flexibility index (Phi) is 8.20. The second kappa shape index (κ2) is 12.1. The molecule has 4 aromatic rings. The summed E-state index contributed by atoms with van der Waals surface area (Å²) in [6, 6.07) is 29.4. The summed E-state index contributed by atoms with van der Waals surface area (Å²) in [5.74, 6) is -1.82. The molecule has 0 bridgehead atoms. The summed E-state index contributed by atoms with van der Waals surface area (Å²) in [7, 11) is 0. The van der Waals surface area contributed by atoms with Crippen LogP contribution in [-0.4, -0.2) is 28.9 Å². The lowest BCUT2D eigenvalue weighted by Crippen LogP contribution is -2.29. The van der Waals surface area contributed by atoms with Crippen molar-refractivity contribution in [3.63, 3.8) is 0 Å². The fourth-order valence-corrected chi connectivity index (χ4v) is 4.96. The molecule has 7 nitrogen and oxygen atoms in total. The maximum absolute atomic E-state index is 13.5. The first-order valence-electron chi connectivity index (χ1n) is 13.7. The zero-order chi connectivity index (χ0) is 29.8. The predicted octanol–water partition coefficient (Wildman–Crippen LogP) is 6.77. The number of aryl methyl sites for hydroxylation is 1. The van der Waals surface area contributed by atoms with Gasteiger partial charge in [0.2, 0.25) is 0 Å². The van der Waals surface area contributed by atoms with Crippen LogP contribution in [0, 0.1) is 6.92 Å². The highest BCUT2D eigenvalue weighted by atomic mass is 16.5. The van der Waals surface area contributed by atoms with Crippen LogP contribution in [0.3, 0.4) is 0 Å². The number of hydrogen-bond donors (Lipinski definition) is 1. The Hall–Kier alpha value is -5.17. The van der Waals surface area contributed by atoms with Gasteiger partial charge in [-0.05, 0) is 73.9 Å². The van der Waals surface area contributed by atoms with E-state index in [-0.39, 0.29) is 23.0 Å². The maximum Gasteiger partial charge on any atom is 0.338 e. The van der Waals surface area contributed by atoms with E-state index in [2.05, 4.69) is 0 Å². The van der Waals surface area contributed by atoms with Crippen LogP contribution < -0.4 is 9.64 Å². The standard InChI is InChI=1S/C35H31NO6/c1-22(2)42-35(40)27-15-10-16-28(20-27)36-31(25-13-8-5-9-14-25)30(33(38)34(36)39)32(37)26-17-18-29(23(3)19-26)41-21-24-11-6-4-7-12-24/h4-20,22,31,37H,21H2,1-3H3/b32-30+. The number of anilines is 1. The Morgan fingerprint density at radius 3 is 2.21 bits per heavy atom. The van der Waals surface area contributed by atoms with Gasteiger partial charge in [-0.25, -0.2) is 4.79 Å². The van der Waals surface area contributed by atoms with E-state index in [1.807, 2.05) is 43.3 Å². The summed E-state index contributed by atoms with van der Waals surface area (Å²) in [6.45, 7) is 5.74. The number of carbonyl (C=O) groups excluding carboxylic acids is 3. The zero-order valence-corrected chi connectivity index (χ0v) is 23.6. The quantitative estimate of drug-likeness (QED) is 0.111. The van der Waals surface area contributed by atoms with Crippen LogP contribution in [0.1, 0.15) is 52.5 Å². The van der Waals surface area contributed by atoms with E-state index in [4.69, 9.17) is 9.47 Å². The van der Waals surface area contributed by atoms with Crippen LogP contribution in [0.5, 0.6) is 5.75 Å². The van der Waals surface area contributed by atoms with Crippen LogP contribution in [0.2, 0.25) is 0 Å². The zero-order valence-electron chi connectivity index (χ0n) is 23.6. The van der Waals surface area contributed by atoms with E-state index >= 15 is 0 Å². The molecule has 5 rings (SSSR count). The summed E-state index contributed by atoms with van der Waals surface area (Å²) in [5, 5.41) is 11.5. The second-order valence-electron chi connectivity index (χ2n) is 10.3. The van der Waals surface area contributed by atoms with Gasteiger partial charge in [-0.1, -0.05) is 66.7 Å². The van der Waals surface area contributed by atoms with Gasteiger partial charge in [-0.2, -0.15) is 0 Å². The van der Waals surface area contributed by atoms with E-state index < -0.39 is 23.7 Å². The lowest BCUT2D eigenvalue weighted by atomic mass is 9.94. The molecule has 1 heterocycles. The first kappa shape index (κ1) is 28.4. The van der Waals surface area contributed by atoms with Gasteiger partial charge in [0.15, 0.2) is 0 Å². The number of aliphatic hydroxyl groups is 1.